The highest BCUT2D eigenvalue weighted by Gasteiger charge is 2.16. The van der Waals surface area contributed by atoms with E-state index in [0.717, 1.165) is 0 Å². The normalized spacial score (nSPS) is 10.1. The SMILES string of the molecule is COCCNC(=O)CSc1ccccc1C(=O)OCC(=O)N(C)C. The van der Waals surface area contributed by atoms with Gasteiger partial charge in [0.25, 0.3) is 5.91 Å². The third-order valence-electron chi connectivity index (χ3n) is 2.92. The molecule has 0 aromatic heterocycles. The number of ether oxygens (including phenoxy) is 2. The van der Waals surface area contributed by atoms with Gasteiger partial charge < -0.3 is 19.7 Å². The van der Waals surface area contributed by atoms with Crippen LogP contribution in [0.3, 0.4) is 0 Å². The lowest BCUT2D eigenvalue weighted by Gasteiger charge is -2.12. The first-order valence-electron chi connectivity index (χ1n) is 7.30. The van der Waals surface area contributed by atoms with Crippen molar-refractivity contribution in [2.45, 2.75) is 4.90 Å². The van der Waals surface area contributed by atoms with Gasteiger partial charge in [-0.15, -0.1) is 11.8 Å². The fourth-order valence-electron chi connectivity index (χ4n) is 1.58. The Morgan fingerprint density at radius 3 is 2.58 bits per heavy atom. The van der Waals surface area contributed by atoms with E-state index in [4.69, 9.17) is 9.47 Å². The maximum absolute atomic E-state index is 12.1. The number of hydrogen-bond acceptors (Lipinski definition) is 6. The topological polar surface area (TPSA) is 84.9 Å². The maximum Gasteiger partial charge on any atom is 0.339 e. The smallest absolute Gasteiger partial charge is 0.339 e. The number of likely N-dealkylation sites (N-methyl/N-ethyl adjacent to an activating group) is 1. The molecular formula is C16H22N2O5S. The van der Waals surface area contributed by atoms with Gasteiger partial charge in [-0.1, -0.05) is 12.1 Å². The van der Waals surface area contributed by atoms with Crippen molar-refractivity contribution in [1.82, 2.24) is 10.2 Å². The molecule has 0 bridgehead atoms. The van der Waals surface area contributed by atoms with E-state index in [1.807, 2.05) is 0 Å². The largest absolute Gasteiger partial charge is 0.452 e. The average molecular weight is 354 g/mol. The van der Waals surface area contributed by atoms with Gasteiger partial charge >= 0.3 is 5.97 Å². The number of carbonyl (C=O) groups excluding carboxylic acids is 3. The van der Waals surface area contributed by atoms with Crippen molar-refractivity contribution in [1.29, 1.82) is 0 Å². The molecule has 8 heteroatoms. The van der Waals surface area contributed by atoms with Crippen LogP contribution in [0.1, 0.15) is 10.4 Å². The Morgan fingerprint density at radius 2 is 1.92 bits per heavy atom. The Morgan fingerprint density at radius 1 is 1.21 bits per heavy atom. The zero-order valence-corrected chi connectivity index (χ0v) is 14.9. The summed E-state index contributed by atoms with van der Waals surface area (Å²) < 4.78 is 9.87. The number of hydrogen-bond donors (Lipinski definition) is 1. The van der Waals surface area contributed by atoms with Crippen LogP contribution in [-0.4, -0.2) is 69.4 Å². The number of methoxy groups -OCH3 is 1. The number of rotatable bonds is 9. The van der Waals surface area contributed by atoms with E-state index in [9.17, 15) is 14.4 Å². The van der Waals surface area contributed by atoms with Crippen LogP contribution in [0.5, 0.6) is 0 Å². The first-order valence-corrected chi connectivity index (χ1v) is 8.29. The fourth-order valence-corrected chi connectivity index (χ4v) is 2.45. The second-order valence-electron chi connectivity index (χ2n) is 4.99. The minimum atomic E-state index is -0.590. The quantitative estimate of drug-likeness (QED) is 0.401. The van der Waals surface area contributed by atoms with E-state index in [2.05, 4.69) is 5.32 Å². The number of esters is 1. The lowest BCUT2D eigenvalue weighted by Crippen LogP contribution is -2.28. The summed E-state index contributed by atoms with van der Waals surface area (Å²) in [4.78, 5) is 37.3. The molecule has 7 nitrogen and oxygen atoms in total. The Balaban J connectivity index is 2.59. The van der Waals surface area contributed by atoms with E-state index in [1.165, 1.54) is 16.7 Å². The van der Waals surface area contributed by atoms with E-state index in [1.54, 1.807) is 45.5 Å². The van der Waals surface area contributed by atoms with E-state index < -0.39 is 5.97 Å². The summed E-state index contributed by atoms with van der Waals surface area (Å²) in [7, 11) is 4.73. The molecule has 132 valence electrons. The molecule has 0 radical (unpaired) electrons. The van der Waals surface area contributed by atoms with Gasteiger partial charge in [0.1, 0.15) is 0 Å². The summed E-state index contributed by atoms with van der Waals surface area (Å²) in [6.45, 7) is 0.563. The molecule has 1 aromatic rings. The van der Waals surface area contributed by atoms with E-state index in [0.29, 0.717) is 23.6 Å². The molecule has 0 fully saturated rings. The molecule has 1 N–H and O–H groups in total. The predicted molar refractivity (Wildman–Crippen MR) is 91.0 cm³/mol. The summed E-state index contributed by atoms with van der Waals surface area (Å²) in [5, 5.41) is 2.70. The molecule has 0 aliphatic heterocycles. The monoisotopic (exact) mass is 354 g/mol. The molecule has 24 heavy (non-hydrogen) atoms. The van der Waals surface area contributed by atoms with Gasteiger partial charge in [-0.25, -0.2) is 4.79 Å². The van der Waals surface area contributed by atoms with Gasteiger partial charge in [-0.05, 0) is 12.1 Å². The Bertz CT molecular complexity index is 577. The summed E-state index contributed by atoms with van der Waals surface area (Å²) in [5.41, 5.74) is 0.332. The molecule has 0 unspecified atom stereocenters. The first kappa shape index (κ1) is 20.0. The second kappa shape index (κ2) is 10.7. The summed E-state index contributed by atoms with van der Waals surface area (Å²) in [6.07, 6.45) is 0. The number of benzene rings is 1. The van der Waals surface area contributed by atoms with Crippen LogP contribution in [0, 0.1) is 0 Å². The first-order chi connectivity index (χ1) is 11.5. The second-order valence-corrected chi connectivity index (χ2v) is 6.01. The Hall–Kier alpha value is -2.06. The maximum atomic E-state index is 12.1. The van der Waals surface area contributed by atoms with Crippen molar-refractivity contribution in [3.8, 4) is 0 Å². The molecule has 1 rings (SSSR count). The van der Waals surface area contributed by atoms with Crippen molar-refractivity contribution >= 4 is 29.5 Å². The predicted octanol–water partition coefficient (Wildman–Crippen LogP) is 0.786. The van der Waals surface area contributed by atoms with Gasteiger partial charge in [-0.3, -0.25) is 9.59 Å². The third-order valence-corrected chi connectivity index (χ3v) is 3.99. The summed E-state index contributed by atoms with van der Waals surface area (Å²) >= 11 is 1.23. The number of carbonyl (C=O) groups is 3. The lowest BCUT2D eigenvalue weighted by molar-refractivity contribution is -0.132. The zero-order chi connectivity index (χ0) is 17.9. The molecular weight excluding hydrogens is 332 g/mol. The van der Waals surface area contributed by atoms with Crippen LogP contribution >= 0.6 is 11.8 Å². The van der Waals surface area contributed by atoms with Crippen LogP contribution < -0.4 is 5.32 Å². The molecule has 0 atom stereocenters. The molecule has 2 amide bonds. The van der Waals surface area contributed by atoms with Crippen molar-refractivity contribution in [2.24, 2.45) is 0 Å². The number of amides is 2. The number of nitrogens with zero attached hydrogens (tertiary/aromatic N) is 1. The van der Waals surface area contributed by atoms with Gasteiger partial charge in [0.2, 0.25) is 5.91 Å². The molecule has 0 saturated heterocycles. The van der Waals surface area contributed by atoms with Gasteiger partial charge in [0, 0.05) is 32.6 Å². The van der Waals surface area contributed by atoms with Crippen LogP contribution in [0.4, 0.5) is 0 Å². The fraction of sp³-hybridized carbons (Fsp3) is 0.438. The van der Waals surface area contributed by atoms with Crippen LogP contribution in [-0.2, 0) is 19.1 Å². The van der Waals surface area contributed by atoms with Crippen LogP contribution in [0.25, 0.3) is 0 Å². The van der Waals surface area contributed by atoms with Crippen molar-refractivity contribution in [3.63, 3.8) is 0 Å². The van der Waals surface area contributed by atoms with Crippen LogP contribution in [0.2, 0.25) is 0 Å². The highest BCUT2D eigenvalue weighted by molar-refractivity contribution is 8.00. The average Bonchev–Trinajstić information content (AvgIpc) is 2.57. The highest BCUT2D eigenvalue weighted by Crippen LogP contribution is 2.23. The third kappa shape index (κ3) is 7.01. The number of thioether (sulfide) groups is 1. The Labute approximate surface area is 145 Å². The summed E-state index contributed by atoms with van der Waals surface area (Å²) in [5.74, 6) is -0.868. The molecule has 0 saturated carbocycles. The van der Waals surface area contributed by atoms with Crippen molar-refractivity contribution in [2.75, 3.05) is 46.7 Å². The van der Waals surface area contributed by atoms with Gasteiger partial charge in [-0.2, -0.15) is 0 Å². The minimum absolute atomic E-state index is 0.150. The molecule has 0 heterocycles. The lowest BCUT2D eigenvalue weighted by atomic mass is 10.2. The summed E-state index contributed by atoms with van der Waals surface area (Å²) in [6, 6.07) is 6.81. The standard InChI is InChI=1S/C16H22N2O5S/c1-18(2)15(20)10-23-16(21)12-6-4-5-7-13(12)24-11-14(19)17-8-9-22-3/h4-7H,8-11H2,1-3H3,(H,17,19). The molecule has 0 aliphatic carbocycles. The zero-order valence-electron chi connectivity index (χ0n) is 14.0. The van der Waals surface area contributed by atoms with Crippen molar-refractivity contribution in [3.05, 3.63) is 29.8 Å². The van der Waals surface area contributed by atoms with E-state index >= 15 is 0 Å². The van der Waals surface area contributed by atoms with Gasteiger partial charge in [0.05, 0.1) is 17.9 Å². The van der Waals surface area contributed by atoms with Crippen molar-refractivity contribution < 1.29 is 23.9 Å². The minimum Gasteiger partial charge on any atom is -0.452 e. The molecule has 0 spiro atoms. The highest BCUT2D eigenvalue weighted by atomic mass is 32.2. The molecule has 1 aromatic carbocycles. The van der Waals surface area contributed by atoms with Gasteiger partial charge in [0.15, 0.2) is 6.61 Å². The molecule has 0 aliphatic rings. The van der Waals surface area contributed by atoms with E-state index in [-0.39, 0.29) is 24.2 Å². The number of nitrogens with one attached hydrogen (secondary N) is 1. The van der Waals surface area contributed by atoms with Crippen LogP contribution in [0.15, 0.2) is 29.2 Å². The Kier molecular flexibility index (Phi) is 8.88.